The summed E-state index contributed by atoms with van der Waals surface area (Å²) in [5, 5.41) is 19.5. The lowest BCUT2D eigenvalue weighted by atomic mass is 9.99. The summed E-state index contributed by atoms with van der Waals surface area (Å²) >= 11 is 3.73. The first-order valence-electron chi connectivity index (χ1n) is 18.4. The number of nitriles is 1. The van der Waals surface area contributed by atoms with Gasteiger partial charge < -0.3 is 4.90 Å². The molecule has 55 heavy (non-hydrogen) atoms. The maximum Gasteiger partial charge on any atom is 0.0991 e. The molecule has 0 fully saturated rings. The van der Waals surface area contributed by atoms with Crippen LogP contribution >= 0.6 is 22.7 Å². The van der Waals surface area contributed by atoms with Crippen LogP contribution in [0.3, 0.4) is 0 Å². The Hall–Kier alpha value is -6.77. The first kappa shape index (κ1) is 31.7. The molecule has 2 aromatic heterocycles. The van der Waals surface area contributed by atoms with Crippen molar-refractivity contribution >= 4 is 102 Å². The third-order valence-corrected chi connectivity index (χ3v) is 13.1. The van der Waals surface area contributed by atoms with Crippen LogP contribution in [-0.4, -0.2) is 0 Å². The maximum absolute atomic E-state index is 9.19. The van der Waals surface area contributed by atoms with E-state index in [0.717, 1.165) is 39.3 Å². The first-order valence-corrected chi connectivity index (χ1v) is 20.0. The van der Waals surface area contributed by atoms with Gasteiger partial charge in [0.1, 0.15) is 0 Å². The highest BCUT2D eigenvalue weighted by molar-refractivity contribution is 7.26. The molecule has 0 saturated heterocycles. The molecule has 256 valence electrons. The van der Waals surface area contributed by atoms with Crippen molar-refractivity contribution in [3.63, 3.8) is 0 Å². The zero-order chi connectivity index (χ0) is 36.5. The SMILES string of the molecule is N#Cc1ccc(-c2ccc(-c3ccc(N(c4ccc5c(c4)sc4cc6ccccc6cc45)c4ccc5c(c4)sc4cc6ccccc6cc45)cc3)cc2)cc1. The molecule has 9 aromatic carbocycles. The number of nitrogens with zero attached hydrogens (tertiary/aromatic N) is 2. The van der Waals surface area contributed by atoms with Gasteiger partial charge in [-0.2, -0.15) is 5.26 Å². The van der Waals surface area contributed by atoms with Crippen LogP contribution < -0.4 is 4.90 Å². The van der Waals surface area contributed by atoms with E-state index in [-0.39, 0.29) is 0 Å². The summed E-state index contributed by atoms with van der Waals surface area (Å²) in [5.74, 6) is 0. The van der Waals surface area contributed by atoms with E-state index in [1.165, 1.54) is 61.9 Å². The highest BCUT2D eigenvalue weighted by atomic mass is 32.1. The molecule has 4 heteroatoms. The minimum Gasteiger partial charge on any atom is -0.310 e. The lowest BCUT2D eigenvalue weighted by Gasteiger charge is -2.26. The van der Waals surface area contributed by atoms with Gasteiger partial charge in [-0.15, -0.1) is 22.7 Å². The van der Waals surface area contributed by atoms with E-state index in [9.17, 15) is 5.26 Å². The Bertz CT molecular complexity index is 3160. The third kappa shape index (κ3) is 5.44. The van der Waals surface area contributed by atoms with Crippen LogP contribution in [-0.2, 0) is 0 Å². The topological polar surface area (TPSA) is 27.0 Å². The van der Waals surface area contributed by atoms with Crippen LogP contribution in [0.25, 0.3) is 84.1 Å². The molecule has 0 N–H and O–H groups in total. The first-order chi connectivity index (χ1) is 27.1. The van der Waals surface area contributed by atoms with Crippen molar-refractivity contribution in [1.82, 2.24) is 0 Å². The van der Waals surface area contributed by atoms with E-state index in [4.69, 9.17) is 0 Å². The second kappa shape index (κ2) is 12.7. The Morgan fingerprint density at radius 1 is 0.345 bits per heavy atom. The van der Waals surface area contributed by atoms with Crippen molar-refractivity contribution < 1.29 is 0 Å². The quantitative estimate of drug-likeness (QED) is 0.176. The van der Waals surface area contributed by atoms with Crippen LogP contribution in [0.2, 0.25) is 0 Å². The van der Waals surface area contributed by atoms with Gasteiger partial charge in [-0.1, -0.05) is 109 Å². The third-order valence-electron chi connectivity index (χ3n) is 10.9. The molecule has 0 amide bonds. The summed E-state index contributed by atoms with van der Waals surface area (Å²) < 4.78 is 5.18. The highest BCUT2D eigenvalue weighted by Crippen LogP contribution is 2.44. The summed E-state index contributed by atoms with van der Waals surface area (Å²) in [6.45, 7) is 0. The monoisotopic (exact) mass is 734 g/mol. The van der Waals surface area contributed by atoms with Gasteiger partial charge in [0.2, 0.25) is 0 Å². The Kier molecular flexibility index (Phi) is 7.31. The van der Waals surface area contributed by atoms with Crippen LogP contribution in [0, 0.1) is 11.3 Å². The summed E-state index contributed by atoms with van der Waals surface area (Å²) in [5.41, 5.74) is 8.60. The number of rotatable bonds is 5. The highest BCUT2D eigenvalue weighted by Gasteiger charge is 2.17. The predicted octanol–water partition coefficient (Wildman–Crippen LogP) is 15.4. The lowest BCUT2D eigenvalue weighted by molar-refractivity contribution is 1.30. The van der Waals surface area contributed by atoms with Crippen molar-refractivity contribution in [3.8, 4) is 28.3 Å². The molecule has 0 radical (unpaired) electrons. The van der Waals surface area contributed by atoms with E-state index < -0.39 is 0 Å². The van der Waals surface area contributed by atoms with E-state index in [2.05, 4.69) is 169 Å². The molecule has 2 nitrogen and oxygen atoms in total. The standard InChI is InChI=1S/C51H30N2S2/c52-31-32-9-11-33(12-10-32)34-13-15-35(16-14-34)36-17-19-41(20-18-36)53(42-21-23-44-46-25-37-5-1-3-7-39(37)27-48(46)54-50(44)29-42)43-22-24-45-47-26-38-6-2-4-8-40(38)28-49(47)55-51(45)30-43/h1-30H. The van der Waals surface area contributed by atoms with Crippen LogP contribution in [0.1, 0.15) is 5.56 Å². The average molecular weight is 735 g/mol. The second-order valence-electron chi connectivity index (χ2n) is 14.1. The van der Waals surface area contributed by atoms with Crippen LogP contribution in [0.15, 0.2) is 182 Å². The number of anilines is 3. The molecule has 0 saturated carbocycles. The largest absolute Gasteiger partial charge is 0.310 e. The molecule has 0 atom stereocenters. The lowest BCUT2D eigenvalue weighted by Crippen LogP contribution is -2.09. The number of thiophene rings is 2. The molecule has 11 rings (SSSR count). The Morgan fingerprint density at radius 2 is 0.709 bits per heavy atom. The molecule has 0 spiro atoms. The normalized spacial score (nSPS) is 11.6. The van der Waals surface area contributed by atoms with Gasteiger partial charge in [-0.3, -0.25) is 0 Å². The number of fused-ring (bicyclic) bond motifs is 8. The van der Waals surface area contributed by atoms with Crippen LogP contribution in [0.4, 0.5) is 17.1 Å². The van der Waals surface area contributed by atoms with Gasteiger partial charge in [0.15, 0.2) is 0 Å². The number of hydrogen-bond donors (Lipinski definition) is 0. The molecule has 0 aliphatic carbocycles. The van der Waals surface area contributed by atoms with Crippen molar-refractivity contribution in [3.05, 3.63) is 188 Å². The van der Waals surface area contributed by atoms with Crippen molar-refractivity contribution in [1.29, 1.82) is 5.26 Å². The van der Waals surface area contributed by atoms with Gasteiger partial charge in [0, 0.05) is 57.4 Å². The van der Waals surface area contributed by atoms with Crippen molar-refractivity contribution in [2.75, 3.05) is 4.90 Å². The molecule has 2 heterocycles. The molecule has 0 aliphatic heterocycles. The van der Waals surface area contributed by atoms with Crippen molar-refractivity contribution in [2.24, 2.45) is 0 Å². The Labute approximate surface area is 326 Å². The van der Waals surface area contributed by atoms with E-state index >= 15 is 0 Å². The molecule has 0 aliphatic rings. The fourth-order valence-corrected chi connectivity index (χ4v) is 10.4. The average Bonchev–Trinajstić information content (AvgIpc) is 3.78. The fourth-order valence-electron chi connectivity index (χ4n) is 8.02. The van der Waals surface area contributed by atoms with E-state index in [1.54, 1.807) is 0 Å². The number of hydrogen-bond acceptors (Lipinski definition) is 4. The molecule has 0 bridgehead atoms. The van der Waals surface area contributed by atoms with E-state index in [1.807, 2.05) is 46.9 Å². The summed E-state index contributed by atoms with van der Waals surface area (Å²) in [6.07, 6.45) is 0. The molecular weight excluding hydrogens is 705 g/mol. The van der Waals surface area contributed by atoms with Gasteiger partial charge in [-0.25, -0.2) is 0 Å². The Balaban J connectivity index is 1.02. The van der Waals surface area contributed by atoms with Crippen LogP contribution in [0.5, 0.6) is 0 Å². The van der Waals surface area contributed by atoms with Gasteiger partial charge >= 0.3 is 0 Å². The summed E-state index contributed by atoms with van der Waals surface area (Å²) in [7, 11) is 0. The van der Waals surface area contributed by atoms with Crippen molar-refractivity contribution in [2.45, 2.75) is 0 Å². The minimum atomic E-state index is 0.671. The smallest absolute Gasteiger partial charge is 0.0991 e. The fraction of sp³-hybridized carbons (Fsp3) is 0. The van der Waals surface area contributed by atoms with Gasteiger partial charge in [0.25, 0.3) is 0 Å². The summed E-state index contributed by atoms with van der Waals surface area (Å²) in [4.78, 5) is 2.40. The van der Waals surface area contributed by atoms with Gasteiger partial charge in [0.05, 0.1) is 11.6 Å². The molecule has 0 unspecified atom stereocenters. The predicted molar refractivity (Wildman–Crippen MR) is 238 cm³/mol. The number of benzene rings is 9. The minimum absolute atomic E-state index is 0.671. The summed E-state index contributed by atoms with van der Waals surface area (Å²) in [6, 6.07) is 68.1. The second-order valence-corrected chi connectivity index (χ2v) is 16.3. The zero-order valence-electron chi connectivity index (χ0n) is 29.5. The molecule has 11 aromatic rings. The Morgan fingerprint density at radius 3 is 1.15 bits per heavy atom. The maximum atomic E-state index is 9.19. The van der Waals surface area contributed by atoms with Gasteiger partial charge in [-0.05, 0) is 117 Å². The molecular formula is C51H30N2S2. The zero-order valence-corrected chi connectivity index (χ0v) is 31.2. The van der Waals surface area contributed by atoms with E-state index in [0.29, 0.717) is 5.56 Å².